The summed E-state index contributed by atoms with van der Waals surface area (Å²) >= 11 is 0. The summed E-state index contributed by atoms with van der Waals surface area (Å²) in [4.78, 5) is 2.46. The highest BCUT2D eigenvalue weighted by atomic mass is 16.3. The predicted molar refractivity (Wildman–Crippen MR) is 87.5 cm³/mol. The van der Waals surface area contributed by atoms with E-state index in [4.69, 9.17) is 0 Å². The molecule has 0 amide bonds. The van der Waals surface area contributed by atoms with Gasteiger partial charge in [0.1, 0.15) is 0 Å². The topological polar surface area (TPSA) is 23.5 Å². The SMILES string of the molecule is CC[C@@H](CO)[C@@H]1c2ccccc2CCN1c1ccccc1. The van der Waals surface area contributed by atoms with Crippen LogP contribution in [0.4, 0.5) is 5.69 Å². The Morgan fingerprint density at radius 1 is 1.10 bits per heavy atom. The van der Waals surface area contributed by atoms with Crippen LogP contribution in [-0.4, -0.2) is 18.3 Å². The van der Waals surface area contributed by atoms with Gasteiger partial charge >= 0.3 is 0 Å². The Morgan fingerprint density at radius 3 is 2.52 bits per heavy atom. The van der Waals surface area contributed by atoms with Crippen molar-refractivity contribution in [2.24, 2.45) is 5.92 Å². The van der Waals surface area contributed by atoms with Crippen LogP contribution in [0.1, 0.15) is 30.5 Å². The smallest absolute Gasteiger partial charge is 0.0595 e. The van der Waals surface area contributed by atoms with E-state index in [0.29, 0.717) is 0 Å². The molecule has 2 aromatic rings. The number of benzene rings is 2. The third-order valence-electron chi connectivity index (χ3n) is 4.62. The van der Waals surface area contributed by atoms with Gasteiger partial charge in [0.05, 0.1) is 6.04 Å². The first kappa shape index (κ1) is 14.2. The van der Waals surface area contributed by atoms with Crippen molar-refractivity contribution in [1.82, 2.24) is 0 Å². The Balaban J connectivity index is 2.05. The summed E-state index contributed by atoms with van der Waals surface area (Å²) in [5.74, 6) is 0.270. The predicted octanol–water partition coefficient (Wildman–Crippen LogP) is 3.81. The summed E-state index contributed by atoms with van der Waals surface area (Å²) in [6.07, 6.45) is 2.06. The molecular weight excluding hydrogens is 258 g/mol. The minimum absolute atomic E-state index is 0.235. The van der Waals surface area contributed by atoms with Gasteiger partial charge in [-0.3, -0.25) is 0 Å². The molecule has 0 bridgehead atoms. The number of para-hydroxylation sites is 1. The zero-order chi connectivity index (χ0) is 14.7. The highest BCUT2D eigenvalue weighted by molar-refractivity contribution is 5.52. The highest BCUT2D eigenvalue weighted by Gasteiger charge is 2.32. The second kappa shape index (κ2) is 6.31. The van der Waals surface area contributed by atoms with Gasteiger partial charge in [-0.2, -0.15) is 0 Å². The maximum absolute atomic E-state index is 9.84. The number of aliphatic hydroxyl groups excluding tert-OH is 1. The van der Waals surface area contributed by atoms with Gasteiger partial charge in [-0.1, -0.05) is 49.4 Å². The summed E-state index contributed by atoms with van der Waals surface area (Å²) in [5, 5.41) is 9.84. The lowest BCUT2D eigenvalue weighted by Crippen LogP contribution is -2.40. The number of rotatable bonds is 4. The van der Waals surface area contributed by atoms with Gasteiger partial charge in [-0.25, -0.2) is 0 Å². The summed E-state index contributed by atoms with van der Waals surface area (Å²) in [5.41, 5.74) is 4.07. The third-order valence-corrected chi connectivity index (χ3v) is 4.62. The lowest BCUT2D eigenvalue weighted by Gasteiger charge is -2.42. The molecule has 0 spiro atoms. The van der Waals surface area contributed by atoms with Crippen molar-refractivity contribution in [3.8, 4) is 0 Å². The summed E-state index contributed by atoms with van der Waals surface area (Å²) < 4.78 is 0. The van der Waals surface area contributed by atoms with E-state index in [-0.39, 0.29) is 18.6 Å². The van der Waals surface area contributed by atoms with Crippen LogP contribution in [0.15, 0.2) is 54.6 Å². The molecule has 2 heteroatoms. The molecule has 21 heavy (non-hydrogen) atoms. The fraction of sp³-hybridized carbons (Fsp3) is 0.368. The van der Waals surface area contributed by atoms with Crippen molar-refractivity contribution in [3.05, 3.63) is 65.7 Å². The van der Waals surface area contributed by atoms with Crippen molar-refractivity contribution >= 4 is 5.69 Å². The van der Waals surface area contributed by atoms with Gasteiger partial charge in [-0.05, 0) is 36.1 Å². The van der Waals surface area contributed by atoms with Crippen LogP contribution in [0.3, 0.4) is 0 Å². The van der Waals surface area contributed by atoms with E-state index in [1.165, 1.54) is 16.8 Å². The lowest BCUT2D eigenvalue weighted by atomic mass is 9.83. The van der Waals surface area contributed by atoms with Crippen LogP contribution >= 0.6 is 0 Å². The molecule has 3 rings (SSSR count). The quantitative estimate of drug-likeness (QED) is 0.921. The lowest BCUT2D eigenvalue weighted by molar-refractivity contribution is 0.194. The Hall–Kier alpha value is -1.80. The Labute approximate surface area is 127 Å². The number of hydrogen-bond acceptors (Lipinski definition) is 2. The van der Waals surface area contributed by atoms with E-state index in [9.17, 15) is 5.11 Å². The zero-order valence-corrected chi connectivity index (χ0v) is 12.6. The largest absolute Gasteiger partial charge is 0.396 e. The van der Waals surface area contributed by atoms with Crippen LogP contribution in [0.25, 0.3) is 0 Å². The van der Waals surface area contributed by atoms with E-state index in [0.717, 1.165) is 19.4 Å². The molecule has 0 unspecified atom stereocenters. The Kier molecular flexibility index (Phi) is 4.26. The third kappa shape index (κ3) is 2.68. The average Bonchev–Trinajstić information content (AvgIpc) is 2.57. The second-order valence-electron chi connectivity index (χ2n) is 5.77. The first-order valence-electron chi connectivity index (χ1n) is 7.85. The molecule has 0 saturated carbocycles. The monoisotopic (exact) mass is 281 g/mol. The van der Waals surface area contributed by atoms with Crippen LogP contribution < -0.4 is 4.90 Å². The molecule has 0 saturated heterocycles. The molecule has 110 valence electrons. The maximum Gasteiger partial charge on any atom is 0.0595 e. The summed E-state index contributed by atoms with van der Waals surface area (Å²) in [6.45, 7) is 3.42. The first-order chi connectivity index (χ1) is 10.3. The molecule has 1 heterocycles. The number of nitrogens with zero attached hydrogens (tertiary/aromatic N) is 1. The minimum atomic E-state index is 0.235. The second-order valence-corrected chi connectivity index (χ2v) is 5.77. The minimum Gasteiger partial charge on any atom is -0.396 e. The Bertz CT molecular complexity index is 577. The van der Waals surface area contributed by atoms with Crippen molar-refractivity contribution in [2.45, 2.75) is 25.8 Å². The molecule has 1 aliphatic rings. The fourth-order valence-corrected chi connectivity index (χ4v) is 3.47. The molecule has 2 atom stereocenters. The Morgan fingerprint density at radius 2 is 1.81 bits per heavy atom. The molecule has 0 fully saturated rings. The van der Waals surface area contributed by atoms with Crippen LogP contribution in [0, 0.1) is 5.92 Å². The molecular formula is C19H23NO. The molecule has 0 radical (unpaired) electrons. The number of fused-ring (bicyclic) bond motifs is 1. The average molecular weight is 281 g/mol. The van der Waals surface area contributed by atoms with Gasteiger partial charge in [0.2, 0.25) is 0 Å². The molecule has 0 aromatic heterocycles. The molecule has 1 aliphatic heterocycles. The number of anilines is 1. The van der Waals surface area contributed by atoms with Gasteiger partial charge in [-0.15, -0.1) is 0 Å². The van der Waals surface area contributed by atoms with Gasteiger partial charge in [0.15, 0.2) is 0 Å². The van der Waals surface area contributed by atoms with Gasteiger partial charge in [0.25, 0.3) is 0 Å². The van der Waals surface area contributed by atoms with Crippen molar-refractivity contribution < 1.29 is 5.11 Å². The van der Waals surface area contributed by atoms with Crippen LogP contribution in [0.5, 0.6) is 0 Å². The zero-order valence-electron chi connectivity index (χ0n) is 12.6. The fourth-order valence-electron chi connectivity index (χ4n) is 3.47. The molecule has 0 aliphatic carbocycles. The number of aliphatic hydroxyl groups is 1. The molecule has 2 nitrogen and oxygen atoms in total. The van der Waals surface area contributed by atoms with Crippen molar-refractivity contribution in [3.63, 3.8) is 0 Å². The van der Waals surface area contributed by atoms with Crippen molar-refractivity contribution in [2.75, 3.05) is 18.1 Å². The number of hydrogen-bond donors (Lipinski definition) is 1. The van der Waals surface area contributed by atoms with E-state index in [2.05, 4.69) is 66.4 Å². The van der Waals surface area contributed by atoms with E-state index in [1.54, 1.807) is 0 Å². The van der Waals surface area contributed by atoms with E-state index >= 15 is 0 Å². The van der Waals surface area contributed by atoms with Crippen LogP contribution in [0.2, 0.25) is 0 Å². The van der Waals surface area contributed by atoms with Gasteiger partial charge < -0.3 is 10.0 Å². The van der Waals surface area contributed by atoms with Crippen LogP contribution in [-0.2, 0) is 6.42 Å². The van der Waals surface area contributed by atoms with Crippen molar-refractivity contribution in [1.29, 1.82) is 0 Å². The molecule has 2 aromatic carbocycles. The normalized spacial score (nSPS) is 19.1. The molecule has 1 N–H and O–H groups in total. The highest BCUT2D eigenvalue weighted by Crippen LogP contribution is 2.39. The van der Waals surface area contributed by atoms with Gasteiger partial charge in [0, 0.05) is 24.8 Å². The maximum atomic E-state index is 9.84. The summed E-state index contributed by atoms with van der Waals surface area (Å²) in [7, 11) is 0. The standard InChI is InChI=1S/C19H23NO/c1-2-15(14-21)19-18-11-7-6-8-16(18)12-13-20(19)17-9-4-3-5-10-17/h3-11,15,19,21H,2,12-14H2,1H3/t15-,19+/m0/s1. The van der Waals surface area contributed by atoms with E-state index in [1.807, 2.05) is 0 Å². The summed E-state index contributed by atoms with van der Waals surface area (Å²) in [6, 6.07) is 19.5. The first-order valence-corrected chi connectivity index (χ1v) is 7.85. The van der Waals surface area contributed by atoms with E-state index < -0.39 is 0 Å².